The van der Waals surface area contributed by atoms with Gasteiger partial charge >= 0.3 is 5.97 Å². The number of hydrogen-bond acceptors (Lipinski definition) is 7. The Hall–Kier alpha value is -2.81. The summed E-state index contributed by atoms with van der Waals surface area (Å²) in [6, 6.07) is -0.896. The molecule has 0 aromatic heterocycles. The molecule has 79 heavy (non-hydrogen) atoms. The maximum atomic E-state index is 13.5. The van der Waals surface area contributed by atoms with Gasteiger partial charge in [-0.1, -0.05) is 260 Å². The van der Waals surface area contributed by atoms with Crippen LogP contribution in [0.1, 0.15) is 290 Å². The number of unbranched alkanes of at least 4 members (excludes halogenated alkanes) is 31. The summed E-state index contributed by atoms with van der Waals surface area (Å²) in [5.74, 6) is -0.550. The molecule has 0 spiro atoms. The number of likely N-dealkylation sites (N-methyl/N-ethyl adjacent to an activating group) is 1. The number of quaternary nitrogens is 1. The van der Waals surface area contributed by atoms with E-state index in [4.69, 9.17) is 13.8 Å². The highest BCUT2D eigenvalue weighted by Crippen LogP contribution is 2.38. The summed E-state index contributed by atoms with van der Waals surface area (Å²) >= 11 is 0. The van der Waals surface area contributed by atoms with Crippen LogP contribution in [-0.4, -0.2) is 69.4 Å². The number of nitrogens with zero attached hydrogens (tertiary/aromatic N) is 1. The van der Waals surface area contributed by atoms with Gasteiger partial charge in [0.2, 0.25) is 5.91 Å². The molecule has 1 N–H and O–H groups in total. The van der Waals surface area contributed by atoms with Crippen LogP contribution in [0.5, 0.6) is 0 Å². The second-order valence-electron chi connectivity index (χ2n) is 23.2. The predicted octanol–water partition coefficient (Wildman–Crippen LogP) is 19.9. The van der Waals surface area contributed by atoms with Crippen LogP contribution < -0.4 is 10.2 Å². The Balaban J connectivity index is 5.18. The molecular weight excluding hydrogens is 1000 g/mol. The number of hydrogen-bond donors (Lipinski definition) is 1. The Morgan fingerprint density at radius 1 is 0.456 bits per heavy atom. The average molecular weight is 1130 g/mol. The van der Waals surface area contributed by atoms with E-state index < -0.39 is 26.6 Å². The van der Waals surface area contributed by atoms with E-state index in [2.05, 4.69) is 99.0 Å². The first-order valence-electron chi connectivity index (χ1n) is 32.9. The van der Waals surface area contributed by atoms with Crippen molar-refractivity contribution in [3.8, 4) is 0 Å². The number of rotatable bonds is 59. The maximum absolute atomic E-state index is 13.5. The molecule has 0 aliphatic heterocycles. The SMILES string of the molecule is CC/C=C\C/C=C\C/C=C\C/C=C\C/C=C\CCCCCCCCCCCC(=O)OC(/C=C\CCCCCCCCCCCCC)C(COP(=O)([O-])OCC[N+](C)(C)C)NC(=O)CCCCCCCCC/C=C\CCCCCC. The van der Waals surface area contributed by atoms with Crippen molar-refractivity contribution in [2.75, 3.05) is 40.9 Å². The minimum absolute atomic E-state index is 0.0265. The van der Waals surface area contributed by atoms with Gasteiger partial charge in [-0.25, -0.2) is 0 Å². The zero-order chi connectivity index (χ0) is 57.9. The second-order valence-corrected chi connectivity index (χ2v) is 24.6. The minimum Gasteiger partial charge on any atom is -0.756 e. The van der Waals surface area contributed by atoms with E-state index >= 15 is 0 Å². The molecule has 458 valence electrons. The van der Waals surface area contributed by atoms with Crippen molar-refractivity contribution in [3.63, 3.8) is 0 Å². The van der Waals surface area contributed by atoms with E-state index in [1.807, 2.05) is 33.3 Å². The van der Waals surface area contributed by atoms with E-state index in [9.17, 15) is 19.0 Å². The summed E-state index contributed by atoms with van der Waals surface area (Å²) < 4.78 is 30.4. The smallest absolute Gasteiger partial charge is 0.306 e. The number of carbonyl (C=O) groups excluding carboxylic acids is 2. The highest BCUT2D eigenvalue weighted by Gasteiger charge is 2.27. The molecule has 0 aliphatic rings. The quantitative estimate of drug-likeness (QED) is 0.0212. The summed E-state index contributed by atoms with van der Waals surface area (Å²) in [5, 5.41) is 3.03. The zero-order valence-corrected chi connectivity index (χ0v) is 53.2. The molecule has 0 aromatic carbocycles. The lowest BCUT2D eigenvalue weighted by molar-refractivity contribution is -0.870. The summed E-state index contributed by atoms with van der Waals surface area (Å²) in [6.45, 7) is 6.73. The first kappa shape index (κ1) is 76.2. The summed E-state index contributed by atoms with van der Waals surface area (Å²) in [6.07, 6.45) is 76.9. The Morgan fingerprint density at radius 2 is 0.810 bits per heavy atom. The Morgan fingerprint density at radius 3 is 1.24 bits per heavy atom. The van der Waals surface area contributed by atoms with E-state index in [0.29, 0.717) is 17.4 Å². The summed E-state index contributed by atoms with van der Waals surface area (Å²) in [5.41, 5.74) is 0. The molecule has 1 amide bonds. The van der Waals surface area contributed by atoms with Gasteiger partial charge in [0.15, 0.2) is 0 Å². The van der Waals surface area contributed by atoms with Crippen molar-refractivity contribution >= 4 is 19.7 Å². The van der Waals surface area contributed by atoms with Gasteiger partial charge in [-0.05, 0) is 102 Å². The van der Waals surface area contributed by atoms with Crippen LogP contribution >= 0.6 is 7.82 Å². The van der Waals surface area contributed by atoms with E-state index in [1.165, 1.54) is 141 Å². The third kappa shape index (κ3) is 59.6. The monoisotopic (exact) mass is 1120 g/mol. The summed E-state index contributed by atoms with van der Waals surface area (Å²) in [4.78, 5) is 40.1. The predicted molar refractivity (Wildman–Crippen MR) is 339 cm³/mol. The van der Waals surface area contributed by atoms with Gasteiger partial charge in [0.05, 0.1) is 33.8 Å². The molecule has 0 bridgehead atoms. The number of phosphoric ester groups is 1. The molecule has 0 rings (SSSR count). The number of phosphoric acid groups is 1. The molecule has 0 fully saturated rings. The van der Waals surface area contributed by atoms with E-state index in [1.54, 1.807) is 0 Å². The molecule has 0 saturated carbocycles. The van der Waals surface area contributed by atoms with Crippen molar-refractivity contribution < 1.29 is 37.3 Å². The van der Waals surface area contributed by atoms with E-state index in [0.717, 1.165) is 116 Å². The van der Waals surface area contributed by atoms with E-state index in [-0.39, 0.29) is 24.9 Å². The third-order valence-corrected chi connectivity index (χ3v) is 15.3. The fourth-order valence-electron chi connectivity index (χ4n) is 9.25. The molecular formula is C69H125N2O7P. The van der Waals surface area contributed by atoms with Crippen LogP contribution in [0.2, 0.25) is 0 Å². The Kier molecular flexibility index (Phi) is 56.3. The number of esters is 1. The second kappa shape index (κ2) is 58.4. The van der Waals surface area contributed by atoms with Gasteiger partial charge in [0.25, 0.3) is 7.82 Å². The Labute approximate surface area is 488 Å². The normalized spacial score (nSPS) is 14.2. The zero-order valence-electron chi connectivity index (χ0n) is 52.3. The van der Waals surface area contributed by atoms with Crippen LogP contribution in [-0.2, 0) is 27.9 Å². The highest BCUT2D eigenvalue weighted by atomic mass is 31.2. The maximum Gasteiger partial charge on any atom is 0.306 e. The van der Waals surface area contributed by atoms with Gasteiger partial charge in [-0.3, -0.25) is 14.2 Å². The molecule has 0 heterocycles. The molecule has 0 aliphatic carbocycles. The van der Waals surface area contributed by atoms with Crippen LogP contribution in [0.25, 0.3) is 0 Å². The first-order valence-corrected chi connectivity index (χ1v) is 34.4. The first-order chi connectivity index (χ1) is 38.4. The van der Waals surface area contributed by atoms with Crippen molar-refractivity contribution in [1.82, 2.24) is 5.32 Å². The lowest BCUT2D eigenvalue weighted by atomic mass is 10.0. The third-order valence-electron chi connectivity index (χ3n) is 14.3. The lowest BCUT2D eigenvalue weighted by Gasteiger charge is -2.30. The molecule has 3 unspecified atom stereocenters. The average Bonchev–Trinajstić information content (AvgIpc) is 3.41. The van der Waals surface area contributed by atoms with Crippen molar-refractivity contribution in [2.45, 2.75) is 303 Å². The molecule has 10 heteroatoms. The fraction of sp³-hybridized carbons (Fsp3) is 0.768. The fourth-order valence-corrected chi connectivity index (χ4v) is 9.97. The van der Waals surface area contributed by atoms with Crippen molar-refractivity contribution in [3.05, 3.63) is 85.1 Å². The van der Waals surface area contributed by atoms with Gasteiger partial charge in [-0.2, -0.15) is 0 Å². The molecule has 0 aromatic rings. The van der Waals surface area contributed by atoms with Gasteiger partial charge in [0, 0.05) is 12.8 Å². The summed E-state index contributed by atoms with van der Waals surface area (Å²) in [7, 11) is 1.18. The minimum atomic E-state index is -4.71. The number of ether oxygens (including phenoxy) is 1. The van der Waals surface area contributed by atoms with Crippen molar-refractivity contribution in [1.29, 1.82) is 0 Å². The molecule has 0 saturated heterocycles. The van der Waals surface area contributed by atoms with Gasteiger partial charge in [-0.15, -0.1) is 0 Å². The van der Waals surface area contributed by atoms with Crippen LogP contribution in [0, 0.1) is 0 Å². The highest BCUT2D eigenvalue weighted by molar-refractivity contribution is 7.45. The van der Waals surface area contributed by atoms with Crippen LogP contribution in [0.3, 0.4) is 0 Å². The Bertz CT molecular complexity index is 1630. The standard InChI is InChI=1S/C69H125N2O7P/c1-7-10-13-16-19-22-25-28-30-31-32-33-34-35-36-37-38-39-41-44-47-50-53-56-59-62-69(73)78-67(60-57-54-51-48-45-42-27-24-21-18-15-12-9-3)66(65-77-79(74,75)76-64-63-71(4,5)6)70-68(72)61-58-55-52-49-46-43-40-29-26-23-20-17-14-11-8-2/h10,13,19,22-23,26,28,30,32-33,35-36,57,60,66-67H,7-9,11-12,14-18,20-21,24-25,27,29,31,34,37-56,58-59,61-65H2,1-6H3,(H-,70,72,74,75)/b13-10-,22-19-,26-23-,30-28-,33-32-,36-35-,60-57-. The largest absolute Gasteiger partial charge is 0.756 e. The number of carbonyl (C=O) groups is 2. The topological polar surface area (TPSA) is 114 Å². The van der Waals surface area contributed by atoms with Gasteiger partial charge in [0.1, 0.15) is 19.3 Å². The van der Waals surface area contributed by atoms with Crippen LogP contribution in [0.4, 0.5) is 0 Å². The number of nitrogens with one attached hydrogen (secondary N) is 1. The molecule has 0 radical (unpaired) electrons. The number of allylic oxidation sites excluding steroid dienone is 13. The molecule has 3 atom stereocenters. The van der Waals surface area contributed by atoms with Crippen molar-refractivity contribution in [2.24, 2.45) is 0 Å². The molecule has 9 nitrogen and oxygen atoms in total. The van der Waals surface area contributed by atoms with Gasteiger partial charge < -0.3 is 28.5 Å². The van der Waals surface area contributed by atoms with Crippen LogP contribution in [0.15, 0.2) is 85.1 Å². The number of amides is 1. The lowest BCUT2D eigenvalue weighted by Crippen LogP contribution is -2.47.